The fourth-order valence-corrected chi connectivity index (χ4v) is 5.12. The molecular weight excluding hydrogens is 404 g/mol. The molecule has 1 aliphatic heterocycles. The molecule has 4 rings (SSSR count). The molecule has 0 N–H and O–H groups in total. The predicted octanol–water partition coefficient (Wildman–Crippen LogP) is 1.31. The number of piperazine rings is 1. The molecule has 10 nitrogen and oxygen atoms in total. The van der Waals surface area contributed by atoms with Gasteiger partial charge >= 0.3 is 0 Å². The smallest absolute Gasteiger partial charge is 0.262 e. The lowest BCUT2D eigenvalue weighted by atomic mass is 10.3. The monoisotopic (exact) mass is 430 g/mol. The third kappa shape index (κ3) is 3.70. The number of aryl methyl sites for hydroxylation is 4. The molecule has 1 aliphatic rings. The first-order chi connectivity index (χ1) is 14.3. The number of hydrogen-bond donors (Lipinski definition) is 0. The lowest BCUT2D eigenvalue weighted by Gasteiger charge is -2.34. The minimum absolute atomic E-state index is 0.115. The summed E-state index contributed by atoms with van der Waals surface area (Å²) in [6.07, 6.45) is 3.13. The van der Waals surface area contributed by atoms with Gasteiger partial charge < -0.3 is 9.47 Å². The van der Waals surface area contributed by atoms with Gasteiger partial charge in [-0.1, -0.05) is 0 Å². The van der Waals surface area contributed by atoms with Crippen LogP contribution in [0.2, 0.25) is 0 Å². The zero-order valence-corrected chi connectivity index (χ0v) is 18.5. The van der Waals surface area contributed by atoms with E-state index in [1.807, 2.05) is 44.4 Å². The Balaban J connectivity index is 1.49. The summed E-state index contributed by atoms with van der Waals surface area (Å²) < 4.78 is 31.1. The maximum atomic E-state index is 13.0. The fraction of sp³-hybridized carbons (Fsp3) is 0.474. The second kappa shape index (κ2) is 7.80. The minimum atomic E-state index is -3.61. The van der Waals surface area contributed by atoms with Crippen molar-refractivity contribution in [1.82, 2.24) is 33.6 Å². The van der Waals surface area contributed by atoms with Crippen LogP contribution >= 0.6 is 0 Å². The van der Waals surface area contributed by atoms with Crippen LogP contribution in [0.4, 0.5) is 5.82 Å². The average molecular weight is 431 g/mol. The van der Waals surface area contributed by atoms with Crippen molar-refractivity contribution in [3.05, 3.63) is 41.9 Å². The van der Waals surface area contributed by atoms with Gasteiger partial charge in [0.05, 0.1) is 5.69 Å². The summed E-state index contributed by atoms with van der Waals surface area (Å²) >= 11 is 0. The standard InChI is InChI=1S/C19H26N8O2S/c1-5-24-12-19(22-16(24)4)30(28,29)26-8-6-25(7-9-26)17-11-18(21-13-20-17)27-15(3)10-14(2)23-27/h10-13H,5-9H2,1-4H3. The molecule has 0 spiro atoms. The first-order valence-corrected chi connectivity index (χ1v) is 11.4. The van der Waals surface area contributed by atoms with Gasteiger partial charge in [0, 0.05) is 50.7 Å². The van der Waals surface area contributed by atoms with Gasteiger partial charge in [-0.3, -0.25) is 0 Å². The summed E-state index contributed by atoms with van der Waals surface area (Å²) in [7, 11) is -3.61. The van der Waals surface area contributed by atoms with Crippen molar-refractivity contribution in [3.63, 3.8) is 0 Å². The Bertz CT molecular complexity index is 1160. The van der Waals surface area contributed by atoms with Crippen molar-refractivity contribution in [3.8, 4) is 5.82 Å². The van der Waals surface area contributed by atoms with Gasteiger partial charge in [0.1, 0.15) is 18.0 Å². The van der Waals surface area contributed by atoms with Gasteiger partial charge in [0.2, 0.25) is 0 Å². The Morgan fingerprint density at radius 3 is 2.30 bits per heavy atom. The van der Waals surface area contributed by atoms with E-state index in [1.165, 1.54) is 10.6 Å². The van der Waals surface area contributed by atoms with Crippen LogP contribution in [0.15, 0.2) is 29.7 Å². The molecular formula is C19H26N8O2S. The Kier molecular flexibility index (Phi) is 5.33. The minimum Gasteiger partial charge on any atom is -0.354 e. The third-order valence-corrected chi connectivity index (χ3v) is 7.10. The predicted molar refractivity (Wildman–Crippen MR) is 112 cm³/mol. The van der Waals surface area contributed by atoms with Crippen LogP contribution in [0.3, 0.4) is 0 Å². The van der Waals surface area contributed by atoms with Crippen molar-refractivity contribution >= 4 is 15.8 Å². The summed E-state index contributed by atoms with van der Waals surface area (Å²) in [5.41, 5.74) is 1.92. The van der Waals surface area contributed by atoms with Gasteiger partial charge in [-0.05, 0) is 33.8 Å². The molecule has 0 bridgehead atoms. The molecule has 0 amide bonds. The first kappa shape index (κ1) is 20.5. The highest BCUT2D eigenvalue weighted by Crippen LogP contribution is 2.21. The van der Waals surface area contributed by atoms with Crippen molar-refractivity contribution < 1.29 is 8.42 Å². The van der Waals surface area contributed by atoms with Crippen LogP contribution in [-0.4, -0.2) is 68.2 Å². The Hall–Kier alpha value is -2.79. The number of rotatable bonds is 5. The SMILES string of the molecule is CCn1cc(S(=O)(=O)N2CCN(c3cc(-n4nc(C)cc4C)ncn3)CC2)nc1C. The second-order valence-electron chi connectivity index (χ2n) is 7.38. The van der Waals surface area contributed by atoms with Crippen molar-refractivity contribution in [1.29, 1.82) is 0 Å². The van der Waals surface area contributed by atoms with E-state index in [4.69, 9.17) is 0 Å². The molecule has 1 fully saturated rings. The van der Waals surface area contributed by atoms with E-state index >= 15 is 0 Å². The summed E-state index contributed by atoms with van der Waals surface area (Å²) in [5.74, 6) is 2.16. The number of hydrogen-bond acceptors (Lipinski definition) is 7. The van der Waals surface area contributed by atoms with E-state index in [1.54, 1.807) is 10.9 Å². The molecule has 3 aromatic heterocycles. The molecule has 4 heterocycles. The molecule has 0 unspecified atom stereocenters. The number of sulfonamides is 1. The van der Waals surface area contributed by atoms with Crippen LogP contribution in [0.5, 0.6) is 0 Å². The highest BCUT2D eigenvalue weighted by Gasteiger charge is 2.31. The van der Waals surface area contributed by atoms with E-state index in [-0.39, 0.29) is 5.03 Å². The maximum Gasteiger partial charge on any atom is 0.262 e. The highest BCUT2D eigenvalue weighted by molar-refractivity contribution is 7.89. The summed E-state index contributed by atoms with van der Waals surface area (Å²) in [4.78, 5) is 15.0. The molecule has 3 aromatic rings. The molecule has 0 radical (unpaired) electrons. The van der Waals surface area contributed by atoms with E-state index in [9.17, 15) is 8.42 Å². The summed E-state index contributed by atoms with van der Waals surface area (Å²) in [6, 6.07) is 3.88. The Morgan fingerprint density at radius 1 is 1.00 bits per heavy atom. The van der Waals surface area contributed by atoms with Gasteiger partial charge in [0.25, 0.3) is 10.0 Å². The second-order valence-corrected chi connectivity index (χ2v) is 9.26. The fourth-order valence-electron chi connectivity index (χ4n) is 3.70. The summed E-state index contributed by atoms with van der Waals surface area (Å²) in [5, 5.41) is 4.59. The molecule has 0 saturated carbocycles. The van der Waals surface area contributed by atoms with Crippen LogP contribution in [-0.2, 0) is 16.6 Å². The number of aromatic nitrogens is 6. The topological polar surface area (TPSA) is 102 Å². The van der Waals surface area contributed by atoms with Gasteiger partial charge in [-0.25, -0.2) is 28.1 Å². The van der Waals surface area contributed by atoms with Gasteiger partial charge in [-0.15, -0.1) is 0 Å². The number of nitrogens with zero attached hydrogens (tertiary/aromatic N) is 8. The van der Waals surface area contributed by atoms with Crippen molar-refractivity contribution in [2.75, 3.05) is 31.1 Å². The zero-order chi connectivity index (χ0) is 21.5. The number of anilines is 1. The van der Waals surface area contributed by atoms with E-state index < -0.39 is 10.0 Å². The lowest BCUT2D eigenvalue weighted by Crippen LogP contribution is -2.49. The van der Waals surface area contributed by atoms with E-state index in [2.05, 4.69) is 25.0 Å². The first-order valence-electron chi connectivity index (χ1n) is 9.94. The average Bonchev–Trinajstić information content (AvgIpc) is 3.29. The Morgan fingerprint density at radius 2 is 1.70 bits per heavy atom. The van der Waals surface area contributed by atoms with Crippen molar-refractivity contribution in [2.45, 2.75) is 39.3 Å². The van der Waals surface area contributed by atoms with Crippen molar-refractivity contribution in [2.24, 2.45) is 0 Å². The van der Waals surface area contributed by atoms with Crippen LogP contribution < -0.4 is 4.90 Å². The van der Waals surface area contributed by atoms with Gasteiger partial charge in [0.15, 0.2) is 10.8 Å². The molecule has 30 heavy (non-hydrogen) atoms. The third-order valence-electron chi connectivity index (χ3n) is 5.33. The maximum absolute atomic E-state index is 13.0. The van der Waals surface area contributed by atoms with Gasteiger partial charge in [-0.2, -0.15) is 9.40 Å². The van der Waals surface area contributed by atoms with Crippen LogP contribution in [0, 0.1) is 20.8 Å². The highest BCUT2D eigenvalue weighted by atomic mass is 32.2. The largest absolute Gasteiger partial charge is 0.354 e. The van der Waals surface area contributed by atoms with E-state index in [0.29, 0.717) is 44.4 Å². The Labute approximate surface area is 176 Å². The lowest BCUT2D eigenvalue weighted by molar-refractivity contribution is 0.382. The molecule has 0 aliphatic carbocycles. The molecule has 1 saturated heterocycles. The van der Waals surface area contributed by atoms with Crippen LogP contribution in [0.25, 0.3) is 5.82 Å². The van der Waals surface area contributed by atoms with E-state index in [0.717, 1.165) is 17.2 Å². The number of imidazole rings is 1. The quantitative estimate of drug-likeness (QED) is 0.601. The molecule has 0 atom stereocenters. The van der Waals surface area contributed by atoms with Crippen LogP contribution in [0.1, 0.15) is 24.1 Å². The zero-order valence-electron chi connectivity index (χ0n) is 17.6. The summed E-state index contributed by atoms with van der Waals surface area (Å²) in [6.45, 7) is 10.2. The normalized spacial score (nSPS) is 15.7. The molecule has 11 heteroatoms. The molecule has 0 aromatic carbocycles. The molecule has 160 valence electrons.